The Labute approximate surface area is 227 Å². The number of sulfonamides is 1. The van der Waals surface area contributed by atoms with E-state index in [1.807, 2.05) is 45.9 Å². The first kappa shape index (κ1) is 28.4. The quantitative estimate of drug-likeness (QED) is 0.391. The summed E-state index contributed by atoms with van der Waals surface area (Å²) < 4.78 is 41.1. The Balaban J connectivity index is 1.83. The molecule has 2 N–H and O–H groups in total. The molecular weight excluding hydrogens is 502 g/mol. The molecule has 0 amide bonds. The SMILES string of the molecule is Cc1cc(NS(=O)(=O)CC2CCCCC2)c(C)c(C(OC(C)(C)C)C(=O)O)c1-c1ccc2c(c1)CCCO2. The molecule has 38 heavy (non-hydrogen) atoms. The number of rotatable bonds is 8. The molecule has 7 nitrogen and oxygen atoms in total. The van der Waals surface area contributed by atoms with Crippen LogP contribution >= 0.6 is 0 Å². The minimum Gasteiger partial charge on any atom is -0.493 e. The van der Waals surface area contributed by atoms with E-state index in [4.69, 9.17) is 9.47 Å². The number of hydrogen-bond acceptors (Lipinski definition) is 5. The Morgan fingerprint density at radius 3 is 2.50 bits per heavy atom. The van der Waals surface area contributed by atoms with Gasteiger partial charge in [0.1, 0.15) is 5.75 Å². The lowest BCUT2D eigenvalue weighted by Gasteiger charge is -2.30. The van der Waals surface area contributed by atoms with E-state index < -0.39 is 27.7 Å². The van der Waals surface area contributed by atoms with Gasteiger partial charge in [-0.25, -0.2) is 13.2 Å². The zero-order valence-electron chi connectivity index (χ0n) is 23.2. The molecular formula is C30H41NO6S. The van der Waals surface area contributed by atoms with Crippen molar-refractivity contribution in [2.75, 3.05) is 17.1 Å². The van der Waals surface area contributed by atoms with Gasteiger partial charge in [0.25, 0.3) is 0 Å². The molecule has 0 aromatic heterocycles. The largest absolute Gasteiger partial charge is 0.493 e. The number of carboxylic acid groups (broad SMARTS) is 1. The van der Waals surface area contributed by atoms with Gasteiger partial charge in [-0.3, -0.25) is 4.72 Å². The zero-order valence-corrected chi connectivity index (χ0v) is 24.0. The minimum atomic E-state index is -3.62. The third kappa shape index (κ3) is 6.70. The number of hydrogen-bond donors (Lipinski definition) is 2. The number of carbonyl (C=O) groups is 1. The van der Waals surface area contributed by atoms with Crippen molar-refractivity contribution in [3.63, 3.8) is 0 Å². The van der Waals surface area contributed by atoms with Crippen LogP contribution in [0.4, 0.5) is 5.69 Å². The third-order valence-electron chi connectivity index (χ3n) is 7.43. The van der Waals surface area contributed by atoms with Gasteiger partial charge in [0.15, 0.2) is 6.10 Å². The van der Waals surface area contributed by atoms with E-state index in [1.54, 1.807) is 6.92 Å². The van der Waals surface area contributed by atoms with Gasteiger partial charge in [-0.15, -0.1) is 0 Å². The van der Waals surface area contributed by atoms with Crippen LogP contribution in [-0.4, -0.2) is 37.5 Å². The molecule has 1 heterocycles. The number of ether oxygens (including phenoxy) is 2. The van der Waals surface area contributed by atoms with Gasteiger partial charge in [-0.05, 0) is 112 Å². The monoisotopic (exact) mass is 543 g/mol. The Bertz CT molecular complexity index is 1290. The molecule has 1 unspecified atom stereocenters. The molecule has 0 radical (unpaired) electrons. The molecule has 0 bridgehead atoms. The second-order valence-corrected chi connectivity index (χ2v) is 13.5. The van der Waals surface area contributed by atoms with E-state index in [2.05, 4.69) is 10.8 Å². The van der Waals surface area contributed by atoms with Gasteiger partial charge < -0.3 is 14.6 Å². The van der Waals surface area contributed by atoms with Gasteiger partial charge in [0, 0.05) is 5.56 Å². The highest BCUT2D eigenvalue weighted by molar-refractivity contribution is 7.92. The summed E-state index contributed by atoms with van der Waals surface area (Å²) in [5.74, 6) is -0.0418. The molecule has 1 aliphatic heterocycles. The van der Waals surface area contributed by atoms with Crippen molar-refractivity contribution in [1.29, 1.82) is 0 Å². The Morgan fingerprint density at radius 1 is 1.13 bits per heavy atom. The highest BCUT2D eigenvalue weighted by Gasteiger charge is 2.33. The lowest BCUT2D eigenvalue weighted by Crippen LogP contribution is -2.29. The molecule has 2 aromatic carbocycles. The lowest BCUT2D eigenvalue weighted by atomic mass is 9.86. The van der Waals surface area contributed by atoms with E-state index in [9.17, 15) is 18.3 Å². The van der Waals surface area contributed by atoms with Gasteiger partial charge >= 0.3 is 5.97 Å². The Hall–Kier alpha value is -2.58. The fourth-order valence-electron chi connectivity index (χ4n) is 5.73. The average molecular weight is 544 g/mol. The average Bonchev–Trinajstić information content (AvgIpc) is 2.83. The second-order valence-electron chi connectivity index (χ2n) is 11.8. The topological polar surface area (TPSA) is 102 Å². The van der Waals surface area contributed by atoms with Crippen molar-refractivity contribution in [3.05, 3.63) is 46.5 Å². The Morgan fingerprint density at radius 2 is 1.84 bits per heavy atom. The summed E-state index contributed by atoms with van der Waals surface area (Å²) in [6, 6.07) is 7.75. The van der Waals surface area contributed by atoms with Crippen molar-refractivity contribution in [3.8, 4) is 16.9 Å². The minimum absolute atomic E-state index is 0.0776. The normalized spacial score (nSPS) is 17.4. The summed E-state index contributed by atoms with van der Waals surface area (Å²) in [6.07, 6.45) is 5.66. The van der Waals surface area contributed by atoms with Crippen LogP contribution in [-0.2, 0) is 26.0 Å². The predicted molar refractivity (Wildman–Crippen MR) is 150 cm³/mol. The first-order chi connectivity index (χ1) is 17.8. The molecule has 1 aliphatic carbocycles. The van der Waals surface area contributed by atoms with Gasteiger partial charge in [0.2, 0.25) is 10.0 Å². The maximum Gasteiger partial charge on any atom is 0.337 e. The fourth-order valence-corrected chi connectivity index (χ4v) is 7.32. The summed E-state index contributed by atoms with van der Waals surface area (Å²) >= 11 is 0. The van der Waals surface area contributed by atoms with Gasteiger partial charge in [0.05, 0.1) is 23.6 Å². The number of fused-ring (bicyclic) bond motifs is 1. The van der Waals surface area contributed by atoms with Crippen LogP contribution in [0.1, 0.15) is 87.7 Å². The number of aryl methyl sites for hydroxylation is 2. The lowest BCUT2D eigenvalue weighted by molar-refractivity contribution is -0.160. The number of benzene rings is 2. The number of anilines is 1. The fraction of sp³-hybridized carbons (Fsp3) is 0.567. The van der Waals surface area contributed by atoms with E-state index in [1.165, 1.54) is 0 Å². The van der Waals surface area contributed by atoms with Gasteiger partial charge in [-0.2, -0.15) is 0 Å². The summed E-state index contributed by atoms with van der Waals surface area (Å²) in [4.78, 5) is 12.6. The van der Waals surface area contributed by atoms with E-state index in [0.29, 0.717) is 23.4 Å². The van der Waals surface area contributed by atoms with E-state index in [0.717, 1.165) is 72.9 Å². The summed E-state index contributed by atoms with van der Waals surface area (Å²) in [5, 5.41) is 10.3. The van der Waals surface area contributed by atoms with Crippen LogP contribution < -0.4 is 9.46 Å². The van der Waals surface area contributed by atoms with Crippen LogP contribution in [0.3, 0.4) is 0 Å². The molecule has 2 aliphatic rings. The highest BCUT2D eigenvalue weighted by Crippen LogP contribution is 2.42. The third-order valence-corrected chi connectivity index (χ3v) is 8.87. The maximum atomic E-state index is 13.2. The standard InChI is InChI=1S/C30H41NO6S/c1-19-16-24(31-38(34,35)18-21-10-7-6-8-11-21)20(2)27(28(29(32)33)37-30(3,4)5)26(19)23-13-14-25-22(17-23)12-9-15-36-25/h13-14,16-17,21,28,31H,6-12,15,18H2,1-5H3,(H,32,33). The smallest absolute Gasteiger partial charge is 0.337 e. The summed E-state index contributed by atoms with van der Waals surface area (Å²) in [7, 11) is -3.62. The van der Waals surface area contributed by atoms with Crippen LogP contribution in [0, 0.1) is 19.8 Å². The second kappa shape index (κ2) is 11.3. The summed E-state index contributed by atoms with van der Waals surface area (Å²) in [6.45, 7) is 9.81. The van der Waals surface area contributed by atoms with E-state index >= 15 is 0 Å². The highest BCUT2D eigenvalue weighted by atomic mass is 32.2. The summed E-state index contributed by atoms with van der Waals surface area (Å²) in [5.41, 5.74) is 4.18. The number of aliphatic carboxylic acids is 1. The van der Waals surface area contributed by atoms with Crippen LogP contribution in [0.25, 0.3) is 11.1 Å². The molecule has 1 fully saturated rings. The van der Waals surface area contributed by atoms with Crippen molar-refractivity contribution in [2.24, 2.45) is 5.92 Å². The van der Waals surface area contributed by atoms with Crippen molar-refractivity contribution in [2.45, 2.75) is 91.3 Å². The molecule has 4 rings (SSSR count). The maximum absolute atomic E-state index is 13.2. The molecule has 1 atom stereocenters. The molecule has 0 spiro atoms. The number of carboxylic acids is 1. The van der Waals surface area contributed by atoms with Crippen LogP contribution in [0.5, 0.6) is 5.75 Å². The molecule has 2 aromatic rings. The zero-order chi connectivity index (χ0) is 27.7. The van der Waals surface area contributed by atoms with E-state index in [-0.39, 0.29) is 11.7 Å². The first-order valence-electron chi connectivity index (χ1n) is 13.7. The Kier molecular flexibility index (Phi) is 8.43. The molecule has 8 heteroatoms. The number of nitrogens with one attached hydrogen (secondary N) is 1. The van der Waals surface area contributed by atoms with Crippen molar-refractivity contribution < 1.29 is 27.8 Å². The van der Waals surface area contributed by atoms with Crippen LogP contribution in [0.2, 0.25) is 0 Å². The van der Waals surface area contributed by atoms with Crippen molar-refractivity contribution >= 4 is 21.7 Å². The van der Waals surface area contributed by atoms with Gasteiger partial charge in [-0.1, -0.05) is 25.3 Å². The molecule has 208 valence electrons. The van der Waals surface area contributed by atoms with Crippen molar-refractivity contribution in [1.82, 2.24) is 0 Å². The van der Waals surface area contributed by atoms with Crippen LogP contribution in [0.15, 0.2) is 24.3 Å². The molecule has 0 saturated heterocycles. The molecule has 1 saturated carbocycles. The first-order valence-corrected chi connectivity index (χ1v) is 15.3. The predicted octanol–water partition coefficient (Wildman–Crippen LogP) is 6.56.